The SMILES string of the molecule is CCCCCCCN1C(=S)N(c2ccccc2)C(=O)C1CC(=O)Nc1ccc(F)cc1. The van der Waals surface area contributed by atoms with Crippen molar-refractivity contribution in [1.29, 1.82) is 0 Å². The van der Waals surface area contributed by atoms with Crippen LogP contribution in [-0.4, -0.2) is 34.4 Å². The minimum Gasteiger partial charge on any atom is -0.336 e. The number of carbonyl (C=O) groups is 2. The Morgan fingerprint density at radius 1 is 1.03 bits per heavy atom. The fourth-order valence-corrected chi connectivity index (χ4v) is 4.12. The minimum absolute atomic E-state index is 0.0192. The Morgan fingerprint density at radius 2 is 1.71 bits per heavy atom. The van der Waals surface area contributed by atoms with Gasteiger partial charge in [0, 0.05) is 12.2 Å². The number of anilines is 2. The number of nitrogens with one attached hydrogen (secondary N) is 1. The highest BCUT2D eigenvalue weighted by molar-refractivity contribution is 7.80. The Balaban J connectivity index is 1.72. The lowest BCUT2D eigenvalue weighted by Crippen LogP contribution is -2.38. The molecule has 2 amide bonds. The molecule has 1 unspecified atom stereocenters. The number of amides is 2. The van der Waals surface area contributed by atoms with Gasteiger partial charge in [0.05, 0.1) is 12.1 Å². The maximum absolute atomic E-state index is 13.3. The van der Waals surface area contributed by atoms with E-state index in [1.807, 2.05) is 35.2 Å². The molecule has 7 heteroatoms. The molecule has 0 bridgehead atoms. The van der Waals surface area contributed by atoms with E-state index in [0.717, 1.165) is 25.7 Å². The van der Waals surface area contributed by atoms with Crippen LogP contribution in [0.2, 0.25) is 0 Å². The zero-order valence-electron chi connectivity index (χ0n) is 17.7. The first-order chi connectivity index (χ1) is 15.0. The molecule has 1 aliphatic rings. The zero-order valence-corrected chi connectivity index (χ0v) is 18.5. The predicted octanol–water partition coefficient (Wildman–Crippen LogP) is 5.13. The highest BCUT2D eigenvalue weighted by Gasteiger charge is 2.43. The highest BCUT2D eigenvalue weighted by Crippen LogP contribution is 2.27. The first kappa shape index (κ1) is 22.9. The molecule has 1 saturated heterocycles. The van der Waals surface area contributed by atoms with Crippen LogP contribution in [0.1, 0.15) is 45.4 Å². The lowest BCUT2D eigenvalue weighted by molar-refractivity contribution is -0.124. The van der Waals surface area contributed by atoms with Crippen LogP contribution < -0.4 is 10.2 Å². The van der Waals surface area contributed by atoms with Crippen molar-refractivity contribution in [1.82, 2.24) is 4.90 Å². The molecule has 1 heterocycles. The van der Waals surface area contributed by atoms with Gasteiger partial charge in [0.2, 0.25) is 5.91 Å². The normalized spacial score (nSPS) is 16.1. The van der Waals surface area contributed by atoms with E-state index in [1.165, 1.54) is 35.6 Å². The van der Waals surface area contributed by atoms with Crippen LogP contribution in [0, 0.1) is 5.82 Å². The van der Waals surface area contributed by atoms with Crippen LogP contribution in [0.25, 0.3) is 0 Å². The number of halogens is 1. The third kappa shape index (κ3) is 5.88. The molecule has 0 aromatic heterocycles. The van der Waals surface area contributed by atoms with Crippen molar-refractivity contribution in [3.8, 4) is 0 Å². The zero-order chi connectivity index (χ0) is 22.2. The first-order valence-corrected chi connectivity index (χ1v) is 11.2. The van der Waals surface area contributed by atoms with Gasteiger partial charge in [-0.3, -0.25) is 14.5 Å². The number of thiocarbonyl (C=S) groups is 1. The number of benzene rings is 2. The predicted molar refractivity (Wildman–Crippen MR) is 125 cm³/mol. The van der Waals surface area contributed by atoms with E-state index in [4.69, 9.17) is 12.2 Å². The molecule has 0 saturated carbocycles. The Bertz CT molecular complexity index is 905. The monoisotopic (exact) mass is 441 g/mol. The minimum atomic E-state index is -0.653. The van der Waals surface area contributed by atoms with Crippen LogP contribution in [0.3, 0.4) is 0 Å². The molecule has 1 fully saturated rings. The largest absolute Gasteiger partial charge is 0.336 e. The molecule has 2 aromatic rings. The molecule has 1 aliphatic heterocycles. The summed E-state index contributed by atoms with van der Waals surface area (Å²) in [6.45, 7) is 2.80. The van der Waals surface area contributed by atoms with Crippen molar-refractivity contribution in [3.63, 3.8) is 0 Å². The first-order valence-electron chi connectivity index (χ1n) is 10.8. The average molecular weight is 442 g/mol. The summed E-state index contributed by atoms with van der Waals surface area (Å²) >= 11 is 5.65. The number of carbonyl (C=O) groups excluding carboxylic acids is 2. The van der Waals surface area contributed by atoms with Gasteiger partial charge in [-0.25, -0.2) is 4.39 Å². The molecule has 2 aromatic carbocycles. The Hall–Kier alpha value is -2.80. The maximum Gasteiger partial charge on any atom is 0.256 e. The van der Waals surface area contributed by atoms with Gasteiger partial charge in [-0.2, -0.15) is 0 Å². The number of rotatable bonds is 10. The number of unbranched alkanes of at least 4 members (excludes halogenated alkanes) is 4. The van der Waals surface area contributed by atoms with Gasteiger partial charge >= 0.3 is 0 Å². The molecule has 1 N–H and O–H groups in total. The van der Waals surface area contributed by atoms with Crippen molar-refractivity contribution < 1.29 is 14.0 Å². The van der Waals surface area contributed by atoms with Gasteiger partial charge in [0.1, 0.15) is 11.9 Å². The van der Waals surface area contributed by atoms with E-state index in [2.05, 4.69) is 12.2 Å². The highest BCUT2D eigenvalue weighted by atomic mass is 32.1. The van der Waals surface area contributed by atoms with Crippen LogP contribution in [-0.2, 0) is 9.59 Å². The summed E-state index contributed by atoms with van der Waals surface area (Å²) in [4.78, 5) is 29.3. The summed E-state index contributed by atoms with van der Waals surface area (Å²) < 4.78 is 13.1. The molecule has 0 spiro atoms. The Labute approximate surface area is 188 Å². The van der Waals surface area contributed by atoms with Gasteiger partial charge in [-0.1, -0.05) is 50.8 Å². The quantitative estimate of drug-likeness (QED) is 0.410. The topological polar surface area (TPSA) is 52.7 Å². The summed E-state index contributed by atoms with van der Waals surface area (Å²) in [6.07, 6.45) is 5.43. The number of hydrogen-bond donors (Lipinski definition) is 1. The summed E-state index contributed by atoms with van der Waals surface area (Å²) in [5.41, 5.74) is 1.19. The Morgan fingerprint density at radius 3 is 2.39 bits per heavy atom. The third-order valence-electron chi connectivity index (χ3n) is 5.34. The van der Waals surface area contributed by atoms with Crippen LogP contribution in [0.4, 0.5) is 15.8 Å². The third-order valence-corrected chi connectivity index (χ3v) is 5.76. The summed E-state index contributed by atoms with van der Waals surface area (Å²) in [5.74, 6) is -0.875. The van der Waals surface area contributed by atoms with Crippen LogP contribution in [0.5, 0.6) is 0 Å². The van der Waals surface area contributed by atoms with Gasteiger partial charge in [-0.15, -0.1) is 0 Å². The van der Waals surface area contributed by atoms with Crippen molar-refractivity contribution in [2.75, 3.05) is 16.8 Å². The molecule has 164 valence electrons. The molecular formula is C24H28FN3O2S. The summed E-state index contributed by atoms with van der Waals surface area (Å²) in [5, 5.41) is 3.18. The summed E-state index contributed by atoms with van der Waals surface area (Å²) in [7, 11) is 0. The van der Waals surface area contributed by atoms with E-state index >= 15 is 0 Å². The van der Waals surface area contributed by atoms with E-state index in [0.29, 0.717) is 23.0 Å². The van der Waals surface area contributed by atoms with E-state index in [1.54, 1.807) is 0 Å². The molecule has 31 heavy (non-hydrogen) atoms. The number of hydrogen-bond acceptors (Lipinski definition) is 3. The van der Waals surface area contributed by atoms with Crippen molar-refractivity contribution in [3.05, 3.63) is 60.4 Å². The van der Waals surface area contributed by atoms with Gasteiger partial charge in [-0.05, 0) is 55.0 Å². The lowest BCUT2D eigenvalue weighted by atomic mass is 10.1. The van der Waals surface area contributed by atoms with Gasteiger partial charge < -0.3 is 10.2 Å². The van der Waals surface area contributed by atoms with Crippen molar-refractivity contribution in [2.24, 2.45) is 0 Å². The van der Waals surface area contributed by atoms with Gasteiger partial charge in [0.25, 0.3) is 5.91 Å². The molecular weight excluding hydrogens is 413 g/mol. The maximum atomic E-state index is 13.3. The average Bonchev–Trinajstić information content (AvgIpc) is 2.99. The molecule has 3 rings (SSSR count). The smallest absolute Gasteiger partial charge is 0.256 e. The molecule has 0 aliphatic carbocycles. The van der Waals surface area contributed by atoms with Crippen molar-refractivity contribution in [2.45, 2.75) is 51.5 Å². The van der Waals surface area contributed by atoms with Crippen molar-refractivity contribution >= 4 is 40.5 Å². The molecule has 1 atom stereocenters. The Kier molecular flexibility index (Phi) is 8.12. The second kappa shape index (κ2) is 11.0. The second-order valence-corrected chi connectivity index (χ2v) is 8.04. The van der Waals surface area contributed by atoms with Crippen LogP contribution in [0.15, 0.2) is 54.6 Å². The fourth-order valence-electron chi connectivity index (χ4n) is 3.71. The van der Waals surface area contributed by atoms with E-state index < -0.39 is 6.04 Å². The van der Waals surface area contributed by atoms with E-state index in [9.17, 15) is 14.0 Å². The number of nitrogens with zero attached hydrogens (tertiary/aromatic N) is 2. The van der Waals surface area contributed by atoms with E-state index in [-0.39, 0.29) is 24.1 Å². The fraction of sp³-hybridized carbons (Fsp3) is 0.375. The van der Waals surface area contributed by atoms with Gasteiger partial charge in [0.15, 0.2) is 5.11 Å². The van der Waals surface area contributed by atoms with Crippen LogP contribution >= 0.6 is 12.2 Å². The summed E-state index contributed by atoms with van der Waals surface area (Å²) in [6, 6.07) is 14.2. The standard InChI is InChI=1S/C24H28FN3O2S/c1-2-3-4-5-9-16-27-21(17-22(29)26-19-14-12-18(25)13-15-19)23(30)28(24(27)31)20-10-7-6-8-11-20/h6-8,10-15,21H,2-5,9,16-17H2,1H3,(H,26,29). The number of para-hydroxylation sites is 1. The molecule has 5 nitrogen and oxygen atoms in total. The molecule has 0 radical (unpaired) electrons. The second-order valence-electron chi connectivity index (χ2n) is 7.67. The lowest BCUT2D eigenvalue weighted by Gasteiger charge is -2.24.